The maximum atomic E-state index is 3.55. The molecule has 0 N–H and O–H groups in total. The van der Waals surface area contributed by atoms with Gasteiger partial charge < -0.3 is 0 Å². The van der Waals surface area contributed by atoms with E-state index in [2.05, 4.69) is 84.4 Å². The number of rotatable bonds is 5. The van der Waals surface area contributed by atoms with Crippen LogP contribution < -0.4 is 0 Å². The van der Waals surface area contributed by atoms with Gasteiger partial charge in [0.05, 0.1) is 0 Å². The Hall–Kier alpha value is -1.08. The van der Waals surface area contributed by atoms with Crippen LogP contribution in [0.2, 0.25) is 0 Å². The van der Waals surface area contributed by atoms with Gasteiger partial charge in [-0.15, -0.1) is 0 Å². The zero-order valence-corrected chi connectivity index (χ0v) is 13.2. The highest BCUT2D eigenvalue weighted by Gasteiger charge is 2.10. The van der Waals surface area contributed by atoms with Gasteiger partial charge in [-0.1, -0.05) is 72.2 Å². The highest BCUT2D eigenvalue weighted by Crippen LogP contribution is 2.28. The zero-order valence-electron chi connectivity index (χ0n) is 11.6. The smallest absolute Gasteiger partial charge is 0.0178 e. The lowest BCUT2D eigenvalue weighted by atomic mass is 9.89. The molecule has 0 aliphatic rings. The molecule has 0 spiro atoms. The Balaban J connectivity index is 1.92. The topological polar surface area (TPSA) is 0 Å². The Labute approximate surface area is 125 Å². The molecule has 100 valence electrons. The monoisotopic (exact) mass is 316 g/mol. The predicted octanol–water partition coefficient (Wildman–Crippen LogP) is 6.14. The van der Waals surface area contributed by atoms with Crippen molar-refractivity contribution >= 4 is 15.9 Å². The molecule has 0 aromatic heterocycles. The van der Waals surface area contributed by atoms with Crippen LogP contribution in [0.4, 0.5) is 0 Å². The second kappa shape index (κ2) is 6.91. The minimum absolute atomic E-state index is 0.615. The largest absolute Gasteiger partial charge is 0.0622 e. The van der Waals surface area contributed by atoms with Crippen molar-refractivity contribution in [3.05, 3.63) is 70.2 Å². The van der Waals surface area contributed by atoms with Crippen LogP contribution in [-0.2, 0) is 0 Å². The highest BCUT2D eigenvalue weighted by atomic mass is 79.9. The van der Waals surface area contributed by atoms with Crippen LogP contribution in [0.25, 0.3) is 0 Å². The van der Waals surface area contributed by atoms with E-state index in [1.54, 1.807) is 0 Å². The molecule has 2 atom stereocenters. The van der Waals surface area contributed by atoms with Gasteiger partial charge in [-0.2, -0.15) is 0 Å². The summed E-state index contributed by atoms with van der Waals surface area (Å²) in [6.07, 6.45) is 2.46. The van der Waals surface area contributed by atoms with E-state index in [0.29, 0.717) is 11.8 Å². The van der Waals surface area contributed by atoms with Gasteiger partial charge >= 0.3 is 0 Å². The average molecular weight is 317 g/mol. The SMILES string of the molecule is CC(CCC(C)c1cccc(Br)c1)c1ccccc1. The van der Waals surface area contributed by atoms with Crippen LogP contribution >= 0.6 is 15.9 Å². The molecule has 2 aromatic carbocycles. The lowest BCUT2D eigenvalue weighted by molar-refractivity contribution is 0.573. The molecule has 0 saturated heterocycles. The standard InChI is InChI=1S/C18H21Br/c1-14(16-7-4-3-5-8-16)11-12-15(2)17-9-6-10-18(19)13-17/h3-10,13-15H,11-12H2,1-2H3. The van der Waals surface area contributed by atoms with E-state index in [1.165, 1.54) is 28.4 Å². The van der Waals surface area contributed by atoms with Gasteiger partial charge in [-0.25, -0.2) is 0 Å². The van der Waals surface area contributed by atoms with Gasteiger partial charge in [-0.3, -0.25) is 0 Å². The summed E-state index contributed by atoms with van der Waals surface area (Å²) in [7, 11) is 0. The van der Waals surface area contributed by atoms with Crippen molar-refractivity contribution in [2.75, 3.05) is 0 Å². The first-order chi connectivity index (χ1) is 9.16. The van der Waals surface area contributed by atoms with Crippen molar-refractivity contribution in [3.8, 4) is 0 Å². The first-order valence-electron chi connectivity index (χ1n) is 6.97. The number of hydrogen-bond acceptors (Lipinski definition) is 0. The summed E-state index contributed by atoms with van der Waals surface area (Å²) in [5, 5.41) is 0. The molecule has 0 bridgehead atoms. The Morgan fingerprint density at radius 1 is 0.789 bits per heavy atom. The van der Waals surface area contributed by atoms with Crippen molar-refractivity contribution in [3.63, 3.8) is 0 Å². The van der Waals surface area contributed by atoms with Gasteiger partial charge in [0.2, 0.25) is 0 Å². The third kappa shape index (κ3) is 4.21. The van der Waals surface area contributed by atoms with E-state index in [4.69, 9.17) is 0 Å². The van der Waals surface area contributed by atoms with Gasteiger partial charge in [0.15, 0.2) is 0 Å². The van der Waals surface area contributed by atoms with E-state index in [0.717, 1.165) is 0 Å². The van der Waals surface area contributed by atoms with Crippen LogP contribution in [0.3, 0.4) is 0 Å². The van der Waals surface area contributed by atoms with E-state index in [1.807, 2.05) is 0 Å². The lowest BCUT2D eigenvalue weighted by Crippen LogP contribution is -1.99. The Kier molecular flexibility index (Phi) is 5.21. The molecule has 1 heteroatoms. The molecule has 0 aliphatic carbocycles. The predicted molar refractivity (Wildman–Crippen MR) is 86.6 cm³/mol. The summed E-state index contributed by atoms with van der Waals surface area (Å²) >= 11 is 3.55. The zero-order chi connectivity index (χ0) is 13.7. The van der Waals surface area contributed by atoms with Crippen molar-refractivity contribution in [1.82, 2.24) is 0 Å². The fraction of sp³-hybridized carbons (Fsp3) is 0.333. The number of benzene rings is 2. The minimum Gasteiger partial charge on any atom is -0.0622 e. The van der Waals surface area contributed by atoms with Crippen LogP contribution in [-0.4, -0.2) is 0 Å². The van der Waals surface area contributed by atoms with Crippen LogP contribution in [0.5, 0.6) is 0 Å². The molecule has 19 heavy (non-hydrogen) atoms. The average Bonchev–Trinajstić information content (AvgIpc) is 2.45. The summed E-state index contributed by atoms with van der Waals surface area (Å²) in [5.41, 5.74) is 2.87. The Morgan fingerprint density at radius 3 is 2.00 bits per heavy atom. The fourth-order valence-electron chi connectivity index (χ4n) is 2.43. The summed E-state index contributed by atoms with van der Waals surface area (Å²) in [5.74, 6) is 1.25. The maximum Gasteiger partial charge on any atom is 0.0178 e. The molecule has 0 amide bonds. The van der Waals surface area contributed by atoms with E-state index < -0.39 is 0 Å². The fourth-order valence-corrected chi connectivity index (χ4v) is 2.84. The van der Waals surface area contributed by atoms with Crippen LogP contribution in [0, 0.1) is 0 Å². The minimum atomic E-state index is 0.615. The number of hydrogen-bond donors (Lipinski definition) is 0. The van der Waals surface area contributed by atoms with Gasteiger partial charge in [0.1, 0.15) is 0 Å². The summed E-state index contributed by atoms with van der Waals surface area (Å²) in [4.78, 5) is 0. The third-order valence-corrected chi connectivity index (χ3v) is 4.31. The van der Waals surface area contributed by atoms with Crippen molar-refractivity contribution in [1.29, 1.82) is 0 Å². The van der Waals surface area contributed by atoms with Crippen molar-refractivity contribution < 1.29 is 0 Å². The quantitative estimate of drug-likeness (QED) is 0.621. The van der Waals surface area contributed by atoms with Gasteiger partial charge in [-0.05, 0) is 47.9 Å². The van der Waals surface area contributed by atoms with Gasteiger partial charge in [0.25, 0.3) is 0 Å². The second-order valence-electron chi connectivity index (χ2n) is 5.35. The summed E-state index contributed by atoms with van der Waals surface area (Å²) in [6, 6.07) is 19.5. The lowest BCUT2D eigenvalue weighted by Gasteiger charge is -2.16. The van der Waals surface area contributed by atoms with Crippen LogP contribution in [0.15, 0.2) is 59.1 Å². The first-order valence-corrected chi connectivity index (χ1v) is 7.76. The second-order valence-corrected chi connectivity index (χ2v) is 6.26. The molecular weight excluding hydrogens is 296 g/mol. The molecule has 2 rings (SSSR count). The molecule has 0 heterocycles. The van der Waals surface area contributed by atoms with Crippen molar-refractivity contribution in [2.45, 2.75) is 38.5 Å². The van der Waals surface area contributed by atoms with E-state index in [9.17, 15) is 0 Å². The Bertz CT molecular complexity index is 504. The molecule has 2 unspecified atom stereocenters. The Morgan fingerprint density at radius 2 is 1.37 bits per heavy atom. The van der Waals surface area contributed by atoms with Gasteiger partial charge in [0, 0.05) is 4.47 Å². The number of halogens is 1. The molecule has 0 saturated carbocycles. The van der Waals surface area contributed by atoms with E-state index >= 15 is 0 Å². The van der Waals surface area contributed by atoms with E-state index in [-0.39, 0.29) is 0 Å². The van der Waals surface area contributed by atoms with Crippen molar-refractivity contribution in [2.24, 2.45) is 0 Å². The summed E-state index contributed by atoms with van der Waals surface area (Å²) < 4.78 is 1.17. The molecule has 0 fully saturated rings. The first kappa shape index (κ1) is 14.3. The third-order valence-electron chi connectivity index (χ3n) is 3.82. The maximum absolute atomic E-state index is 3.55. The molecule has 0 aliphatic heterocycles. The van der Waals surface area contributed by atoms with Crippen LogP contribution in [0.1, 0.15) is 49.7 Å². The molecule has 0 nitrogen and oxygen atoms in total. The normalized spacial score (nSPS) is 14.1. The highest BCUT2D eigenvalue weighted by molar-refractivity contribution is 9.10. The molecule has 0 radical (unpaired) electrons. The summed E-state index contributed by atoms with van der Waals surface area (Å²) in [6.45, 7) is 4.64. The molecule has 2 aromatic rings. The molecular formula is C18H21Br.